The summed E-state index contributed by atoms with van der Waals surface area (Å²) in [5.74, 6) is -0.587. The lowest BCUT2D eigenvalue weighted by molar-refractivity contribution is -0.137. The molecule has 19 heavy (non-hydrogen) atoms. The highest BCUT2D eigenvalue weighted by Gasteiger charge is 2.22. The van der Waals surface area contributed by atoms with Crippen molar-refractivity contribution in [1.82, 2.24) is 4.90 Å². The highest BCUT2D eigenvalue weighted by Crippen LogP contribution is 2.23. The fourth-order valence-corrected chi connectivity index (χ4v) is 1.87. The summed E-state index contributed by atoms with van der Waals surface area (Å²) in [6, 6.07) is 4.55. The number of amides is 1. The van der Waals surface area contributed by atoms with E-state index in [1.54, 1.807) is 24.0 Å². The zero-order valence-electron chi connectivity index (χ0n) is 11.6. The van der Waals surface area contributed by atoms with Gasteiger partial charge in [-0.25, -0.2) is 4.39 Å². The van der Waals surface area contributed by atoms with Crippen LogP contribution in [-0.2, 0) is 11.3 Å². The van der Waals surface area contributed by atoms with Crippen LogP contribution >= 0.6 is 0 Å². The van der Waals surface area contributed by atoms with E-state index in [0.29, 0.717) is 18.7 Å². The average Bonchev–Trinajstić information content (AvgIpc) is 2.42. The molecule has 1 aromatic carbocycles. The van der Waals surface area contributed by atoms with Crippen molar-refractivity contribution >= 4 is 5.91 Å². The van der Waals surface area contributed by atoms with Crippen LogP contribution < -0.4 is 10.5 Å². The molecule has 1 amide bonds. The first-order valence-corrected chi connectivity index (χ1v) is 6.48. The van der Waals surface area contributed by atoms with Crippen molar-refractivity contribution in [3.05, 3.63) is 29.6 Å². The van der Waals surface area contributed by atoms with Crippen LogP contribution in [0.1, 0.15) is 26.3 Å². The maximum atomic E-state index is 13.7. The lowest BCUT2D eigenvalue weighted by Gasteiger charge is -2.24. The molecule has 0 aromatic heterocycles. The predicted octanol–water partition coefficient (Wildman–Crippen LogP) is 1.92. The monoisotopic (exact) mass is 268 g/mol. The molecule has 1 aromatic rings. The molecule has 1 unspecified atom stereocenters. The van der Waals surface area contributed by atoms with E-state index in [9.17, 15) is 9.18 Å². The minimum Gasteiger partial charge on any atom is -0.477 e. The molecule has 0 bridgehead atoms. The summed E-state index contributed by atoms with van der Waals surface area (Å²) >= 11 is 0. The summed E-state index contributed by atoms with van der Waals surface area (Å²) in [6.07, 6.45) is -0.734. The van der Waals surface area contributed by atoms with E-state index in [0.717, 1.165) is 0 Å². The van der Waals surface area contributed by atoms with Gasteiger partial charge in [-0.15, -0.1) is 0 Å². The van der Waals surface area contributed by atoms with E-state index in [1.807, 2.05) is 13.8 Å². The van der Waals surface area contributed by atoms with E-state index in [1.165, 1.54) is 6.07 Å². The Balaban J connectivity index is 2.87. The number of hydrogen-bond donors (Lipinski definition) is 1. The van der Waals surface area contributed by atoms with Crippen molar-refractivity contribution < 1.29 is 13.9 Å². The number of carbonyl (C=O) groups is 1. The van der Waals surface area contributed by atoms with Crippen molar-refractivity contribution in [2.75, 3.05) is 13.1 Å². The number of nitrogens with two attached hydrogens (primary N) is 1. The first-order valence-electron chi connectivity index (χ1n) is 6.48. The van der Waals surface area contributed by atoms with Gasteiger partial charge in [-0.3, -0.25) is 4.79 Å². The van der Waals surface area contributed by atoms with Gasteiger partial charge in [0.1, 0.15) is 0 Å². The Bertz CT molecular complexity index is 433. The normalized spacial score (nSPS) is 12.1. The Hall–Kier alpha value is -1.62. The molecule has 0 heterocycles. The van der Waals surface area contributed by atoms with Crippen LogP contribution in [0.2, 0.25) is 0 Å². The second-order valence-electron chi connectivity index (χ2n) is 4.20. The minimum atomic E-state index is -0.734. The second kappa shape index (κ2) is 7.09. The maximum absolute atomic E-state index is 13.7. The van der Waals surface area contributed by atoms with Crippen LogP contribution in [0.4, 0.5) is 4.39 Å². The number of nitrogens with zero attached hydrogens (tertiary/aromatic N) is 1. The van der Waals surface area contributed by atoms with Crippen molar-refractivity contribution in [3.8, 4) is 5.75 Å². The summed E-state index contributed by atoms with van der Waals surface area (Å²) in [4.78, 5) is 13.7. The summed E-state index contributed by atoms with van der Waals surface area (Å²) < 4.78 is 19.2. The molecule has 0 aliphatic rings. The van der Waals surface area contributed by atoms with Crippen LogP contribution in [0.5, 0.6) is 5.75 Å². The molecule has 4 nitrogen and oxygen atoms in total. The number of rotatable bonds is 6. The highest BCUT2D eigenvalue weighted by atomic mass is 19.1. The highest BCUT2D eigenvalue weighted by molar-refractivity contribution is 5.80. The molecule has 106 valence electrons. The van der Waals surface area contributed by atoms with E-state index in [-0.39, 0.29) is 18.2 Å². The fourth-order valence-electron chi connectivity index (χ4n) is 1.87. The van der Waals surface area contributed by atoms with E-state index in [2.05, 4.69) is 0 Å². The number of carbonyl (C=O) groups excluding carboxylic acids is 1. The number of benzene rings is 1. The van der Waals surface area contributed by atoms with Crippen LogP contribution in [0, 0.1) is 5.82 Å². The van der Waals surface area contributed by atoms with Crippen LogP contribution in [0.15, 0.2) is 18.2 Å². The third-order valence-corrected chi connectivity index (χ3v) is 2.99. The Kier molecular flexibility index (Phi) is 5.76. The number of para-hydroxylation sites is 1. The Morgan fingerprint density at radius 3 is 2.58 bits per heavy atom. The van der Waals surface area contributed by atoms with Gasteiger partial charge in [0, 0.05) is 25.2 Å². The summed E-state index contributed by atoms with van der Waals surface area (Å²) in [6.45, 7) is 6.77. The Labute approximate surface area is 113 Å². The zero-order valence-corrected chi connectivity index (χ0v) is 11.6. The number of ether oxygens (including phenoxy) is 1. The van der Waals surface area contributed by atoms with Gasteiger partial charge >= 0.3 is 0 Å². The van der Waals surface area contributed by atoms with Gasteiger partial charge in [-0.1, -0.05) is 12.1 Å². The molecule has 0 saturated heterocycles. The molecule has 0 aliphatic carbocycles. The first kappa shape index (κ1) is 15.4. The third-order valence-electron chi connectivity index (χ3n) is 2.99. The Morgan fingerprint density at radius 1 is 1.42 bits per heavy atom. The van der Waals surface area contributed by atoms with Gasteiger partial charge < -0.3 is 15.4 Å². The Morgan fingerprint density at radius 2 is 2.05 bits per heavy atom. The smallest absolute Gasteiger partial charge is 0.263 e. The second-order valence-corrected chi connectivity index (χ2v) is 4.20. The van der Waals surface area contributed by atoms with Crippen molar-refractivity contribution in [2.24, 2.45) is 5.73 Å². The number of hydrogen-bond acceptors (Lipinski definition) is 3. The molecule has 0 spiro atoms. The first-order chi connectivity index (χ1) is 9.04. The molecule has 5 heteroatoms. The third kappa shape index (κ3) is 3.67. The van der Waals surface area contributed by atoms with Crippen molar-refractivity contribution in [3.63, 3.8) is 0 Å². The molecular formula is C14H21FN2O2. The van der Waals surface area contributed by atoms with Gasteiger partial charge in [0.15, 0.2) is 17.7 Å². The van der Waals surface area contributed by atoms with Crippen molar-refractivity contribution in [2.45, 2.75) is 33.4 Å². The largest absolute Gasteiger partial charge is 0.477 e. The molecule has 0 fully saturated rings. The van der Waals surface area contributed by atoms with Crippen LogP contribution in [-0.4, -0.2) is 30.0 Å². The average molecular weight is 268 g/mol. The van der Waals surface area contributed by atoms with E-state index >= 15 is 0 Å². The maximum Gasteiger partial charge on any atom is 0.263 e. The van der Waals surface area contributed by atoms with Gasteiger partial charge in [0.25, 0.3) is 5.91 Å². The molecule has 2 N–H and O–H groups in total. The summed E-state index contributed by atoms with van der Waals surface area (Å²) in [7, 11) is 0. The SMILES string of the molecule is CCN(CC)C(=O)C(C)Oc1c(F)cccc1CN. The summed E-state index contributed by atoms with van der Waals surface area (Å²) in [5.41, 5.74) is 6.10. The van der Waals surface area contributed by atoms with Crippen LogP contribution in [0.25, 0.3) is 0 Å². The molecule has 1 atom stereocenters. The molecular weight excluding hydrogens is 247 g/mol. The van der Waals surface area contributed by atoms with Crippen molar-refractivity contribution in [1.29, 1.82) is 0 Å². The van der Waals surface area contributed by atoms with Gasteiger partial charge in [0.2, 0.25) is 0 Å². The quantitative estimate of drug-likeness (QED) is 0.857. The van der Waals surface area contributed by atoms with Crippen LogP contribution in [0.3, 0.4) is 0 Å². The molecule has 0 saturated carbocycles. The minimum absolute atomic E-state index is 0.0676. The predicted molar refractivity (Wildman–Crippen MR) is 72.3 cm³/mol. The van der Waals surface area contributed by atoms with E-state index < -0.39 is 11.9 Å². The molecule has 1 rings (SSSR count). The lowest BCUT2D eigenvalue weighted by Crippen LogP contribution is -2.40. The standard InChI is InChI=1S/C14H21FN2O2/c1-4-17(5-2)14(18)10(3)19-13-11(9-16)7-6-8-12(13)15/h6-8,10H,4-5,9,16H2,1-3H3. The number of likely N-dealkylation sites (N-methyl/N-ethyl adjacent to an activating group) is 1. The molecule has 0 radical (unpaired) electrons. The lowest BCUT2D eigenvalue weighted by atomic mass is 10.2. The number of halogens is 1. The van der Waals surface area contributed by atoms with Gasteiger partial charge in [-0.2, -0.15) is 0 Å². The molecule has 0 aliphatic heterocycles. The topological polar surface area (TPSA) is 55.6 Å². The van der Waals surface area contributed by atoms with Gasteiger partial charge in [-0.05, 0) is 26.8 Å². The van der Waals surface area contributed by atoms with E-state index in [4.69, 9.17) is 10.5 Å². The zero-order chi connectivity index (χ0) is 14.4. The fraction of sp³-hybridized carbons (Fsp3) is 0.500. The summed E-state index contributed by atoms with van der Waals surface area (Å²) in [5, 5.41) is 0. The van der Waals surface area contributed by atoms with Gasteiger partial charge in [0.05, 0.1) is 0 Å².